The average molecular weight is 572 g/mol. The molecule has 2 spiro atoms. The molecular formula is C42H25N3. The minimum Gasteiger partial charge on any atom is -0.309 e. The van der Waals surface area contributed by atoms with Crippen molar-refractivity contribution in [2.75, 3.05) is 4.90 Å². The zero-order chi connectivity index (χ0) is 29.3. The van der Waals surface area contributed by atoms with Crippen molar-refractivity contribution in [3.63, 3.8) is 0 Å². The fraction of sp³-hybridized carbons (Fsp3) is 0.0476. The number of benzene rings is 5. The van der Waals surface area contributed by atoms with Crippen molar-refractivity contribution in [1.29, 1.82) is 0 Å². The van der Waals surface area contributed by atoms with Crippen LogP contribution in [0.15, 0.2) is 152 Å². The molecule has 0 amide bonds. The van der Waals surface area contributed by atoms with E-state index in [0.717, 1.165) is 0 Å². The van der Waals surface area contributed by atoms with Gasteiger partial charge in [0.25, 0.3) is 0 Å². The normalized spacial score (nSPS) is 20.1. The van der Waals surface area contributed by atoms with Crippen LogP contribution in [0.4, 0.5) is 17.1 Å². The second-order valence-corrected chi connectivity index (χ2v) is 12.5. The highest BCUT2D eigenvalue weighted by Crippen LogP contribution is 2.69. The summed E-state index contributed by atoms with van der Waals surface area (Å²) >= 11 is 0. The lowest BCUT2D eigenvalue weighted by Gasteiger charge is -2.52. The fourth-order valence-electron chi connectivity index (χ4n) is 9.43. The second-order valence-electron chi connectivity index (χ2n) is 12.5. The third kappa shape index (κ3) is 2.48. The van der Waals surface area contributed by atoms with E-state index in [2.05, 4.69) is 155 Å². The first-order chi connectivity index (χ1) is 22.4. The first-order valence-electron chi connectivity index (χ1n) is 15.6. The number of hydrogen-bond donors (Lipinski definition) is 0. The van der Waals surface area contributed by atoms with Crippen molar-refractivity contribution < 1.29 is 0 Å². The van der Waals surface area contributed by atoms with E-state index in [1.54, 1.807) is 0 Å². The molecule has 3 heteroatoms. The largest absolute Gasteiger partial charge is 0.309 e. The number of pyridine rings is 2. The molecule has 3 nitrogen and oxygen atoms in total. The number of aromatic nitrogens is 2. The van der Waals surface area contributed by atoms with Crippen LogP contribution in [0, 0.1) is 0 Å². The first kappa shape index (κ1) is 23.6. The molecule has 0 saturated carbocycles. The quantitative estimate of drug-likeness (QED) is 0.182. The molecule has 2 atom stereocenters. The van der Waals surface area contributed by atoms with E-state index in [1.807, 2.05) is 12.4 Å². The fourth-order valence-corrected chi connectivity index (χ4v) is 9.43. The predicted molar refractivity (Wildman–Crippen MR) is 178 cm³/mol. The van der Waals surface area contributed by atoms with Gasteiger partial charge in [0, 0.05) is 35.9 Å². The Morgan fingerprint density at radius 3 is 1.27 bits per heavy atom. The van der Waals surface area contributed by atoms with E-state index < -0.39 is 10.8 Å². The molecule has 5 aromatic carbocycles. The molecule has 7 aromatic rings. The van der Waals surface area contributed by atoms with Crippen molar-refractivity contribution >= 4 is 17.1 Å². The molecule has 0 bridgehead atoms. The van der Waals surface area contributed by atoms with Gasteiger partial charge in [0.1, 0.15) is 0 Å². The van der Waals surface area contributed by atoms with Crippen LogP contribution in [-0.4, -0.2) is 9.97 Å². The predicted octanol–water partition coefficient (Wildman–Crippen LogP) is 9.30. The van der Waals surface area contributed by atoms with Gasteiger partial charge in [-0.2, -0.15) is 0 Å². The molecule has 4 aliphatic rings. The van der Waals surface area contributed by atoms with Gasteiger partial charge in [-0.05, 0) is 79.9 Å². The van der Waals surface area contributed by atoms with E-state index in [4.69, 9.17) is 0 Å². The Morgan fingerprint density at radius 1 is 0.356 bits per heavy atom. The van der Waals surface area contributed by atoms with Crippen molar-refractivity contribution in [2.24, 2.45) is 0 Å². The third-order valence-corrected chi connectivity index (χ3v) is 10.9. The van der Waals surface area contributed by atoms with Gasteiger partial charge >= 0.3 is 0 Å². The lowest BCUT2D eigenvalue weighted by molar-refractivity contribution is 0.707. The van der Waals surface area contributed by atoms with Gasteiger partial charge in [0.05, 0.1) is 27.9 Å². The van der Waals surface area contributed by atoms with Crippen LogP contribution in [0.2, 0.25) is 0 Å². The highest BCUT2D eigenvalue weighted by atomic mass is 15.2. The SMILES string of the molecule is c1ccc2c(c1)-c1cnccc1C21c2ccccc2N2c3ccccc3C3(c4ccccc4-c4cnccc43)c3cccc1c32. The van der Waals surface area contributed by atoms with Gasteiger partial charge in [-0.3, -0.25) is 9.97 Å². The van der Waals surface area contributed by atoms with Crippen molar-refractivity contribution in [1.82, 2.24) is 9.97 Å². The summed E-state index contributed by atoms with van der Waals surface area (Å²) in [6.07, 6.45) is 8.04. The molecule has 0 fully saturated rings. The standard InChI is InChI=1S/C42H25N3/c1-3-12-30-26(10-1)28-24-43-22-20-32(28)41(30)34-14-5-7-18-38(34)45-39-19-8-6-15-35(39)42(37-17-9-16-36(41)40(37)45)31-13-4-2-11-27(31)29-25-44-23-21-33(29)42/h1-25H. The topological polar surface area (TPSA) is 29.0 Å². The Labute approximate surface area is 261 Å². The number of para-hydroxylation sites is 3. The Bertz CT molecular complexity index is 2170. The number of rotatable bonds is 0. The molecule has 2 aliphatic carbocycles. The zero-order valence-electron chi connectivity index (χ0n) is 24.3. The van der Waals surface area contributed by atoms with Gasteiger partial charge in [0.2, 0.25) is 0 Å². The maximum atomic E-state index is 4.63. The summed E-state index contributed by atoms with van der Waals surface area (Å²) < 4.78 is 0. The van der Waals surface area contributed by atoms with E-state index in [9.17, 15) is 0 Å². The summed E-state index contributed by atoms with van der Waals surface area (Å²) in [7, 11) is 0. The molecule has 208 valence electrons. The van der Waals surface area contributed by atoms with Crippen molar-refractivity contribution in [3.8, 4) is 22.3 Å². The molecule has 45 heavy (non-hydrogen) atoms. The molecule has 2 unspecified atom stereocenters. The monoisotopic (exact) mass is 571 g/mol. The molecule has 2 aromatic heterocycles. The van der Waals surface area contributed by atoms with E-state index in [-0.39, 0.29) is 0 Å². The first-order valence-corrected chi connectivity index (χ1v) is 15.6. The van der Waals surface area contributed by atoms with Gasteiger partial charge in [-0.1, -0.05) is 103 Å². The molecule has 4 heterocycles. The highest BCUT2D eigenvalue weighted by molar-refractivity contribution is 6.02. The van der Waals surface area contributed by atoms with Gasteiger partial charge < -0.3 is 4.90 Å². The van der Waals surface area contributed by atoms with Crippen LogP contribution in [-0.2, 0) is 10.8 Å². The summed E-state index contributed by atoms with van der Waals surface area (Å²) in [5.41, 5.74) is 18.1. The second kappa shape index (κ2) is 8.02. The van der Waals surface area contributed by atoms with E-state index >= 15 is 0 Å². The number of anilines is 3. The lowest BCUT2D eigenvalue weighted by atomic mass is 9.59. The summed E-state index contributed by atoms with van der Waals surface area (Å²) in [4.78, 5) is 11.8. The van der Waals surface area contributed by atoms with Crippen LogP contribution in [0.3, 0.4) is 0 Å². The summed E-state index contributed by atoms with van der Waals surface area (Å²) in [5.74, 6) is 0. The summed E-state index contributed by atoms with van der Waals surface area (Å²) in [5, 5.41) is 0. The summed E-state index contributed by atoms with van der Waals surface area (Å²) in [6, 6.07) is 47.5. The minimum absolute atomic E-state index is 0.486. The number of fused-ring (bicyclic) bond motifs is 18. The smallest absolute Gasteiger partial charge is 0.0755 e. The average Bonchev–Trinajstić information content (AvgIpc) is 3.57. The van der Waals surface area contributed by atoms with Crippen molar-refractivity contribution in [2.45, 2.75) is 10.8 Å². The maximum Gasteiger partial charge on any atom is 0.0755 e. The van der Waals surface area contributed by atoms with Crippen LogP contribution < -0.4 is 4.90 Å². The number of nitrogens with zero attached hydrogens (tertiary/aromatic N) is 3. The third-order valence-electron chi connectivity index (χ3n) is 10.9. The Morgan fingerprint density at radius 2 is 0.756 bits per heavy atom. The van der Waals surface area contributed by atoms with Crippen LogP contribution in [0.25, 0.3) is 22.3 Å². The van der Waals surface area contributed by atoms with Gasteiger partial charge in [-0.15, -0.1) is 0 Å². The molecule has 11 rings (SSSR count). The van der Waals surface area contributed by atoms with Crippen LogP contribution in [0.1, 0.15) is 44.5 Å². The lowest BCUT2D eigenvalue weighted by Crippen LogP contribution is -2.42. The Balaban J connectivity index is 1.38. The maximum absolute atomic E-state index is 4.63. The van der Waals surface area contributed by atoms with Gasteiger partial charge in [-0.25, -0.2) is 0 Å². The van der Waals surface area contributed by atoms with Crippen LogP contribution in [0.5, 0.6) is 0 Å². The molecule has 2 aliphatic heterocycles. The van der Waals surface area contributed by atoms with Gasteiger partial charge in [0.15, 0.2) is 0 Å². The number of hydrogen-bond acceptors (Lipinski definition) is 3. The Kier molecular flexibility index (Phi) is 4.21. The Hall–Kier alpha value is -5.80. The molecular weight excluding hydrogens is 546 g/mol. The van der Waals surface area contributed by atoms with E-state index in [1.165, 1.54) is 83.8 Å². The molecule has 0 radical (unpaired) electrons. The summed E-state index contributed by atoms with van der Waals surface area (Å²) in [6.45, 7) is 0. The van der Waals surface area contributed by atoms with Crippen LogP contribution >= 0.6 is 0 Å². The molecule has 0 N–H and O–H groups in total. The minimum atomic E-state index is -0.486. The van der Waals surface area contributed by atoms with Crippen molar-refractivity contribution in [3.05, 3.63) is 197 Å². The molecule has 0 saturated heterocycles. The van der Waals surface area contributed by atoms with E-state index in [0.29, 0.717) is 0 Å². The zero-order valence-corrected chi connectivity index (χ0v) is 24.3. The highest BCUT2D eigenvalue weighted by Gasteiger charge is 2.58.